The molecule has 6 rings (SSSR count). The molecule has 1 aliphatic heterocycles. The van der Waals surface area contributed by atoms with E-state index in [4.69, 9.17) is 14.2 Å². The fourth-order valence-corrected chi connectivity index (χ4v) is 9.77. The minimum absolute atomic E-state index is 0.0275. The van der Waals surface area contributed by atoms with Gasteiger partial charge in [0.15, 0.2) is 0 Å². The molecule has 3 aliphatic carbocycles. The number of aromatic nitrogens is 1. The number of methoxy groups -OCH3 is 1. The van der Waals surface area contributed by atoms with Crippen LogP contribution < -0.4 is 24.8 Å². The summed E-state index contributed by atoms with van der Waals surface area (Å²) in [6, 6.07) is 5.09. The van der Waals surface area contributed by atoms with Crippen LogP contribution in [0.2, 0.25) is 0 Å². The number of benzene rings is 1. The van der Waals surface area contributed by atoms with Gasteiger partial charge >= 0.3 is 0 Å². The van der Waals surface area contributed by atoms with Crippen LogP contribution in [0.1, 0.15) is 86.5 Å². The Balaban J connectivity index is 1.24. The van der Waals surface area contributed by atoms with Crippen molar-refractivity contribution in [2.24, 2.45) is 29.1 Å². The minimum atomic E-state index is -3.90. The summed E-state index contributed by atoms with van der Waals surface area (Å²) in [6.07, 6.45) is 6.46. The zero-order valence-corrected chi connectivity index (χ0v) is 35.0. The lowest BCUT2D eigenvalue weighted by Gasteiger charge is -2.38. The molecule has 15 heteroatoms. The van der Waals surface area contributed by atoms with Gasteiger partial charge in [0.25, 0.3) is 5.91 Å². The van der Waals surface area contributed by atoms with Crippen LogP contribution in [0, 0.1) is 29.1 Å². The van der Waals surface area contributed by atoms with Gasteiger partial charge in [-0.3, -0.25) is 23.9 Å². The van der Waals surface area contributed by atoms with Gasteiger partial charge in [-0.2, -0.15) is 0 Å². The van der Waals surface area contributed by atoms with Crippen molar-refractivity contribution >= 4 is 44.4 Å². The third-order valence-corrected chi connectivity index (χ3v) is 13.9. The molecule has 2 aromatic rings. The maximum Gasteiger partial charge on any atom is 0.259 e. The highest BCUT2D eigenvalue weighted by atomic mass is 32.2. The van der Waals surface area contributed by atoms with E-state index in [9.17, 15) is 27.6 Å². The molecule has 3 N–H and O–H groups in total. The second-order valence-electron chi connectivity index (χ2n) is 17.9. The van der Waals surface area contributed by atoms with Gasteiger partial charge in [0.1, 0.15) is 36.1 Å². The van der Waals surface area contributed by atoms with Crippen molar-refractivity contribution in [3.05, 3.63) is 43.1 Å². The average Bonchev–Trinajstić information content (AvgIpc) is 4.08. The second-order valence-corrected chi connectivity index (χ2v) is 19.9. The largest absolute Gasteiger partial charge is 0.497 e. The average molecular weight is 810 g/mol. The van der Waals surface area contributed by atoms with Crippen molar-refractivity contribution in [2.75, 3.05) is 20.3 Å². The Morgan fingerprint density at radius 3 is 2.46 bits per heavy atom. The van der Waals surface area contributed by atoms with Crippen molar-refractivity contribution in [2.45, 2.75) is 122 Å². The molecule has 8 atom stereocenters. The van der Waals surface area contributed by atoms with Gasteiger partial charge in [0.2, 0.25) is 33.6 Å². The number of amides is 4. The first kappa shape index (κ1) is 42.4. The van der Waals surface area contributed by atoms with E-state index in [2.05, 4.69) is 47.7 Å². The number of nitrogens with one attached hydrogen (secondary N) is 3. The summed E-state index contributed by atoms with van der Waals surface area (Å²) in [5, 5.41) is 6.63. The van der Waals surface area contributed by atoms with Crippen LogP contribution in [0.4, 0.5) is 0 Å². The summed E-state index contributed by atoms with van der Waals surface area (Å²) >= 11 is 0. The quantitative estimate of drug-likeness (QED) is 0.220. The molecule has 0 bridgehead atoms. The van der Waals surface area contributed by atoms with E-state index in [1.807, 2.05) is 39.0 Å². The second kappa shape index (κ2) is 16.6. The first-order valence-corrected chi connectivity index (χ1v) is 21.7. The molecule has 14 nitrogen and oxygen atoms in total. The maximum absolute atomic E-state index is 14.7. The standard InChI is InChI=1S/C42H59N5O9S/c1-9-27-21-42(27,40(51)46-57(52,53)30-12-13-30)45-37(49)33-20-29(56-38-32-15-11-28(54-8)19-26(32)16-17-43-38)22-47(33)39(50)36(41(5,6)7)44-35(48)23-55-34-18-25(4)10-14-31(34)24(2)3/h9,11,15-17,19,24-25,27,29-31,33-34,36H,1,10,12-14,18,20-23H2,2-8H3,(H,44,48)(H,45,49)(H,46,51)/t25-,27-,29?,31+,33+,34-,36-,42?/m1/s1. The number of sulfonamides is 1. The molecule has 4 aliphatic rings. The predicted octanol–water partition coefficient (Wildman–Crippen LogP) is 4.27. The van der Waals surface area contributed by atoms with E-state index in [1.54, 1.807) is 19.4 Å². The van der Waals surface area contributed by atoms with Crippen LogP contribution in [0.15, 0.2) is 43.1 Å². The summed E-state index contributed by atoms with van der Waals surface area (Å²) in [6.45, 7) is 15.6. The minimum Gasteiger partial charge on any atom is -0.497 e. The number of carbonyl (C=O) groups excluding carboxylic acids is 4. The van der Waals surface area contributed by atoms with Crippen LogP contribution >= 0.6 is 0 Å². The molecular weight excluding hydrogens is 751 g/mol. The molecular formula is C42H59N5O9S. The monoisotopic (exact) mass is 809 g/mol. The first-order valence-electron chi connectivity index (χ1n) is 20.2. The van der Waals surface area contributed by atoms with Crippen molar-refractivity contribution in [1.82, 2.24) is 25.2 Å². The molecule has 1 saturated heterocycles. The first-order chi connectivity index (χ1) is 26.9. The predicted molar refractivity (Wildman–Crippen MR) is 215 cm³/mol. The Labute approximate surface area is 336 Å². The fourth-order valence-electron chi connectivity index (χ4n) is 8.41. The van der Waals surface area contributed by atoms with E-state index < -0.39 is 74.0 Å². The number of rotatable bonds is 15. The van der Waals surface area contributed by atoms with E-state index in [1.165, 1.54) is 11.0 Å². The fraction of sp³-hybridized carbons (Fsp3) is 0.643. The van der Waals surface area contributed by atoms with Gasteiger partial charge in [-0.25, -0.2) is 13.4 Å². The van der Waals surface area contributed by atoms with Crippen LogP contribution in [0.5, 0.6) is 11.6 Å². The molecule has 3 saturated carbocycles. The highest BCUT2D eigenvalue weighted by molar-refractivity contribution is 7.91. The Morgan fingerprint density at radius 2 is 1.82 bits per heavy atom. The number of carbonyl (C=O) groups is 4. The van der Waals surface area contributed by atoms with Crippen LogP contribution in [0.3, 0.4) is 0 Å². The summed E-state index contributed by atoms with van der Waals surface area (Å²) in [4.78, 5) is 62.2. The van der Waals surface area contributed by atoms with Gasteiger partial charge in [0.05, 0.1) is 25.0 Å². The van der Waals surface area contributed by atoms with Gasteiger partial charge in [-0.15, -0.1) is 6.58 Å². The molecule has 2 heterocycles. The lowest BCUT2D eigenvalue weighted by atomic mass is 9.75. The van der Waals surface area contributed by atoms with Crippen molar-refractivity contribution in [3.63, 3.8) is 0 Å². The lowest BCUT2D eigenvalue weighted by molar-refractivity contribution is -0.146. The molecule has 4 fully saturated rings. The molecule has 1 aromatic heterocycles. The van der Waals surface area contributed by atoms with E-state index >= 15 is 0 Å². The maximum atomic E-state index is 14.7. The molecule has 57 heavy (non-hydrogen) atoms. The normalized spacial score (nSPS) is 28.0. The van der Waals surface area contributed by atoms with Gasteiger partial charge in [-0.05, 0) is 84.9 Å². The highest BCUT2D eigenvalue weighted by Crippen LogP contribution is 2.46. The smallest absolute Gasteiger partial charge is 0.259 e. The number of likely N-dealkylation sites (tertiary alicyclic amines) is 1. The number of hydrogen-bond donors (Lipinski definition) is 3. The number of ether oxygens (including phenoxy) is 3. The van der Waals surface area contributed by atoms with Gasteiger partial charge in [0, 0.05) is 23.9 Å². The van der Waals surface area contributed by atoms with Crippen molar-refractivity contribution in [3.8, 4) is 11.6 Å². The third kappa shape index (κ3) is 9.40. The highest BCUT2D eigenvalue weighted by Gasteiger charge is 2.62. The Hall–Kier alpha value is -4.24. The molecule has 0 radical (unpaired) electrons. The SMILES string of the molecule is C=C[C@@H]1CC1(NC(=O)[C@@H]1CC(Oc2nccc3cc(OC)ccc23)CN1C(=O)[C@@H](NC(=O)CO[C@@H]1C[C@H](C)CC[C@H]1C(C)C)C(C)(C)C)C(=O)NS(=O)(=O)C1CC1. The van der Waals surface area contributed by atoms with E-state index in [0.717, 1.165) is 24.6 Å². The topological polar surface area (TPSA) is 182 Å². The zero-order valence-electron chi connectivity index (χ0n) is 34.2. The molecule has 4 amide bonds. The van der Waals surface area contributed by atoms with Crippen LogP contribution in [0.25, 0.3) is 10.8 Å². The summed E-state index contributed by atoms with van der Waals surface area (Å²) in [5.41, 5.74) is -2.34. The molecule has 1 aromatic carbocycles. The molecule has 312 valence electrons. The van der Waals surface area contributed by atoms with Crippen LogP contribution in [-0.2, 0) is 33.9 Å². The lowest BCUT2D eigenvalue weighted by Crippen LogP contribution is -2.60. The Bertz CT molecular complexity index is 1980. The van der Waals surface area contributed by atoms with E-state index in [-0.39, 0.29) is 32.1 Å². The molecule has 2 unspecified atom stereocenters. The summed E-state index contributed by atoms with van der Waals surface area (Å²) < 4.78 is 45.7. The number of nitrogens with zero attached hydrogens (tertiary/aromatic N) is 2. The summed E-state index contributed by atoms with van der Waals surface area (Å²) in [5.74, 6) is -0.764. The van der Waals surface area contributed by atoms with E-state index in [0.29, 0.717) is 47.6 Å². The van der Waals surface area contributed by atoms with Gasteiger partial charge in [-0.1, -0.05) is 54.0 Å². The number of fused-ring (bicyclic) bond motifs is 1. The van der Waals surface area contributed by atoms with Crippen LogP contribution in [-0.4, -0.2) is 97.3 Å². The number of hydrogen-bond acceptors (Lipinski definition) is 10. The number of pyridine rings is 1. The summed E-state index contributed by atoms with van der Waals surface area (Å²) in [7, 11) is -2.33. The third-order valence-electron chi connectivity index (χ3n) is 12.1. The molecule has 0 spiro atoms. The van der Waals surface area contributed by atoms with Crippen molar-refractivity contribution < 1.29 is 41.8 Å². The zero-order chi connectivity index (χ0) is 41.4. The Kier molecular flexibility index (Phi) is 12.3. The van der Waals surface area contributed by atoms with Crippen molar-refractivity contribution in [1.29, 1.82) is 0 Å². The van der Waals surface area contributed by atoms with Gasteiger partial charge < -0.3 is 29.7 Å². The Morgan fingerprint density at radius 1 is 1.09 bits per heavy atom.